The number of halogens is 4. The van der Waals surface area contributed by atoms with E-state index in [9.17, 15) is 13.9 Å². The van der Waals surface area contributed by atoms with E-state index in [-0.39, 0.29) is 11.1 Å². The molecule has 0 aliphatic rings. The molecule has 1 atom stereocenters. The summed E-state index contributed by atoms with van der Waals surface area (Å²) in [7, 11) is 0. The summed E-state index contributed by atoms with van der Waals surface area (Å²) in [5.74, 6) is -1.51. The van der Waals surface area contributed by atoms with Crippen molar-refractivity contribution in [3.8, 4) is 0 Å². The SMILES string of the molecule is Cc1ccc(F)c(C(O)c2ccc(I)c(Cl)c2)c1F. The van der Waals surface area contributed by atoms with Crippen molar-refractivity contribution in [3.63, 3.8) is 0 Å². The fourth-order valence-electron chi connectivity index (χ4n) is 1.78. The Kier molecular flexibility index (Phi) is 4.43. The molecule has 0 fully saturated rings. The molecule has 0 bridgehead atoms. The molecule has 19 heavy (non-hydrogen) atoms. The second kappa shape index (κ2) is 5.73. The van der Waals surface area contributed by atoms with E-state index in [2.05, 4.69) is 0 Å². The van der Waals surface area contributed by atoms with Crippen LogP contribution in [0.3, 0.4) is 0 Å². The summed E-state index contributed by atoms with van der Waals surface area (Å²) in [4.78, 5) is 0. The molecular weight excluding hydrogens is 385 g/mol. The van der Waals surface area contributed by atoms with Gasteiger partial charge in [-0.2, -0.15) is 0 Å². The van der Waals surface area contributed by atoms with E-state index < -0.39 is 17.7 Å². The Morgan fingerprint density at radius 3 is 2.53 bits per heavy atom. The van der Waals surface area contributed by atoms with Crippen LogP contribution in [0.5, 0.6) is 0 Å². The molecule has 0 amide bonds. The maximum atomic E-state index is 13.9. The van der Waals surface area contributed by atoms with Crippen molar-refractivity contribution in [2.24, 2.45) is 0 Å². The van der Waals surface area contributed by atoms with Crippen molar-refractivity contribution in [2.45, 2.75) is 13.0 Å². The Balaban J connectivity index is 2.52. The van der Waals surface area contributed by atoms with E-state index >= 15 is 0 Å². The van der Waals surface area contributed by atoms with Crippen LogP contribution < -0.4 is 0 Å². The monoisotopic (exact) mass is 394 g/mol. The Hall–Kier alpha value is -0.720. The van der Waals surface area contributed by atoms with E-state index in [1.165, 1.54) is 19.1 Å². The summed E-state index contributed by atoms with van der Waals surface area (Å²) < 4.78 is 28.5. The summed E-state index contributed by atoms with van der Waals surface area (Å²) in [5.41, 5.74) is 0.290. The number of aliphatic hydroxyl groups is 1. The minimum Gasteiger partial charge on any atom is -0.383 e. The van der Waals surface area contributed by atoms with Crippen LogP contribution in [-0.4, -0.2) is 5.11 Å². The van der Waals surface area contributed by atoms with Crippen LogP contribution in [0.25, 0.3) is 0 Å². The highest BCUT2D eigenvalue weighted by Gasteiger charge is 2.21. The number of hydrogen-bond acceptors (Lipinski definition) is 1. The molecule has 2 rings (SSSR count). The largest absolute Gasteiger partial charge is 0.383 e. The molecule has 5 heteroatoms. The number of hydrogen-bond donors (Lipinski definition) is 1. The maximum Gasteiger partial charge on any atom is 0.135 e. The highest BCUT2D eigenvalue weighted by atomic mass is 127. The van der Waals surface area contributed by atoms with Gasteiger partial charge in [0.25, 0.3) is 0 Å². The fourth-order valence-corrected chi connectivity index (χ4v) is 2.30. The van der Waals surface area contributed by atoms with Gasteiger partial charge in [-0.05, 0) is 58.8 Å². The molecule has 0 heterocycles. The molecule has 0 aromatic heterocycles. The van der Waals surface area contributed by atoms with Gasteiger partial charge < -0.3 is 5.11 Å². The number of aliphatic hydroxyl groups excluding tert-OH is 1. The van der Waals surface area contributed by atoms with Gasteiger partial charge in [0, 0.05) is 3.57 Å². The lowest BCUT2D eigenvalue weighted by Gasteiger charge is -2.15. The minimum atomic E-state index is -1.38. The number of benzene rings is 2. The molecule has 1 N–H and O–H groups in total. The Morgan fingerprint density at radius 2 is 1.89 bits per heavy atom. The van der Waals surface area contributed by atoms with Gasteiger partial charge >= 0.3 is 0 Å². The van der Waals surface area contributed by atoms with E-state index in [1.807, 2.05) is 22.6 Å². The molecule has 2 aromatic carbocycles. The van der Waals surface area contributed by atoms with Crippen LogP contribution >= 0.6 is 34.2 Å². The normalized spacial score (nSPS) is 12.5. The summed E-state index contributed by atoms with van der Waals surface area (Å²) in [5, 5.41) is 10.6. The van der Waals surface area contributed by atoms with Gasteiger partial charge in [0.1, 0.15) is 17.7 Å². The maximum absolute atomic E-state index is 13.9. The van der Waals surface area contributed by atoms with E-state index in [1.54, 1.807) is 12.1 Å². The van der Waals surface area contributed by atoms with Gasteiger partial charge in [0.05, 0.1) is 10.6 Å². The highest BCUT2D eigenvalue weighted by Crippen LogP contribution is 2.31. The van der Waals surface area contributed by atoms with E-state index in [4.69, 9.17) is 11.6 Å². The third kappa shape index (κ3) is 2.90. The molecule has 1 nitrogen and oxygen atoms in total. The first kappa shape index (κ1) is 14.7. The summed E-state index contributed by atoms with van der Waals surface area (Å²) in [6.07, 6.45) is -1.38. The highest BCUT2D eigenvalue weighted by molar-refractivity contribution is 14.1. The summed E-state index contributed by atoms with van der Waals surface area (Å²) in [6, 6.07) is 7.27. The lowest BCUT2D eigenvalue weighted by Crippen LogP contribution is -2.07. The average molecular weight is 395 g/mol. The topological polar surface area (TPSA) is 20.2 Å². The lowest BCUT2D eigenvalue weighted by molar-refractivity contribution is 0.209. The number of rotatable bonds is 2. The van der Waals surface area contributed by atoms with Crippen LogP contribution in [0.1, 0.15) is 22.8 Å². The van der Waals surface area contributed by atoms with Gasteiger partial charge in [0.15, 0.2) is 0 Å². The quantitative estimate of drug-likeness (QED) is 0.738. The first-order chi connectivity index (χ1) is 8.91. The van der Waals surface area contributed by atoms with Gasteiger partial charge in [-0.3, -0.25) is 0 Å². The average Bonchev–Trinajstić information content (AvgIpc) is 2.37. The van der Waals surface area contributed by atoms with Crippen molar-refractivity contribution in [1.82, 2.24) is 0 Å². The van der Waals surface area contributed by atoms with Crippen molar-refractivity contribution in [1.29, 1.82) is 0 Å². The third-order valence-electron chi connectivity index (χ3n) is 2.85. The third-order valence-corrected chi connectivity index (χ3v) is 4.42. The van der Waals surface area contributed by atoms with Gasteiger partial charge in [-0.1, -0.05) is 23.7 Å². The molecule has 0 radical (unpaired) electrons. The predicted molar refractivity (Wildman–Crippen MR) is 79.3 cm³/mol. The zero-order chi connectivity index (χ0) is 14.2. The lowest BCUT2D eigenvalue weighted by atomic mass is 9.98. The van der Waals surface area contributed by atoms with Crippen LogP contribution in [-0.2, 0) is 0 Å². The van der Waals surface area contributed by atoms with Crippen molar-refractivity contribution < 1.29 is 13.9 Å². The molecule has 1 unspecified atom stereocenters. The van der Waals surface area contributed by atoms with Crippen molar-refractivity contribution in [3.05, 3.63) is 67.2 Å². The van der Waals surface area contributed by atoms with E-state index in [0.717, 1.165) is 9.64 Å². The van der Waals surface area contributed by atoms with Gasteiger partial charge in [-0.25, -0.2) is 8.78 Å². The minimum absolute atomic E-state index is 0.284. The zero-order valence-corrected chi connectivity index (χ0v) is 12.8. The molecule has 0 spiro atoms. The Labute approximate surface area is 128 Å². The molecule has 2 aromatic rings. The smallest absolute Gasteiger partial charge is 0.135 e. The Bertz CT molecular complexity index is 631. The molecule has 0 saturated heterocycles. The number of aryl methyl sites for hydroxylation is 1. The molecule has 0 saturated carbocycles. The van der Waals surface area contributed by atoms with E-state index in [0.29, 0.717) is 10.6 Å². The first-order valence-electron chi connectivity index (χ1n) is 5.49. The van der Waals surface area contributed by atoms with Gasteiger partial charge in [0.2, 0.25) is 0 Å². The fraction of sp³-hybridized carbons (Fsp3) is 0.143. The van der Waals surface area contributed by atoms with Crippen LogP contribution in [0.2, 0.25) is 5.02 Å². The van der Waals surface area contributed by atoms with Gasteiger partial charge in [-0.15, -0.1) is 0 Å². The van der Waals surface area contributed by atoms with Crippen LogP contribution in [0, 0.1) is 22.1 Å². The summed E-state index contributed by atoms with van der Waals surface area (Å²) in [6.45, 7) is 1.52. The molecule has 0 aliphatic heterocycles. The first-order valence-corrected chi connectivity index (χ1v) is 6.95. The van der Waals surface area contributed by atoms with Crippen LogP contribution in [0.15, 0.2) is 30.3 Å². The zero-order valence-electron chi connectivity index (χ0n) is 9.92. The molecule has 0 aliphatic carbocycles. The summed E-state index contributed by atoms with van der Waals surface area (Å²) >= 11 is 7.99. The second-order valence-corrected chi connectivity index (χ2v) is 5.74. The molecular formula is C14H10ClF2IO. The standard InChI is InChI=1S/C14H10ClF2IO/c1-7-2-4-10(16)12(13(7)17)14(19)8-3-5-11(18)9(15)6-8/h2-6,14,19H,1H3. The predicted octanol–water partition coefficient (Wildman–Crippen LogP) is 4.61. The Morgan fingerprint density at radius 1 is 1.21 bits per heavy atom. The second-order valence-electron chi connectivity index (χ2n) is 4.17. The van der Waals surface area contributed by atoms with Crippen molar-refractivity contribution in [2.75, 3.05) is 0 Å². The van der Waals surface area contributed by atoms with Crippen molar-refractivity contribution >= 4 is 34.2 Å². The molecule has 100 valence electrons. The van der Waals surface area contributed by atoms with Crippen LogP contribution in [0.4, 0.5) is 8.78 Å².